The van der Waals surface area contributed by atoms with E-state index in [1.165, 1.54) is 17.5 Å². The van der Waals surface area contributed by atoms with E-state index in [1.54, 1.807) is 12.1 Å². The standard InChI is InChI=1S/C21H27N3O3/c1-15(2)19(22-20(25)18-8-5-13-27-18)21(26)24-11-9-23(10-12-24)17-7-4-6-16(3)14-17/h4-8,13-15,19H,9-12H2,1-3H3,(H,22,25)/t19-/m1/s1. The average molecular weight is 369 g/mol. The van der Waals surface area contributed by atoms with Gasteiger partial charge in [-0.3, -0.25) is 9.59 Å². The van der Waals surface area contributed by atoms with Gasteiger partial charge in [0.25, 0.3) is 5.91 Å². The molecule has 1 aromatic carbocycles. The minimum atomic E-state index is -0.562. The number of furan rings is 1. The first-order valence-electron chi connectivity index (χ1n) is 9.40. The molecule has 0 radical (unpaired) electrons. The third-order valence-corrected chi connectivity index (χ3v) is 4.92. The molecule has 0 spiro atoms. The summed E-state index contributed by atoms with van der Waals surface area (Å²) in [6.07, 6.45) is 1.45. The van der Waals surface area contributed by atoms with Crippen molar-refractivity contribution in [3.63, 3.8) is 0 Å². The van der Waals surface area contributed by atoms with Gasteiger partial charge in [-0.25, -0.2) is 0 Å². The van der Waals surface area contributed by atoms with Gasteiger partial charge in [-0.1, -0.05) is 26.0 Å². The molecule has 0 bridgehead atoms. The number of benzene rings is 1. The number of hydrogen-bond donors (Lipinski definition) is 1. The number of carbonyl (C=O) groups excluding carboxylic acids is 2. The molecule has 2 heterocycles. The van der Waals surface area contributed by atoms with E-state index in [2.05, 4.69) is 41.4 Å². The van der Waals surface area contributed by atoms with Gasteiger partial charge < -0.3 is 19.5 Å². The van der Waals surface area contributed by atoms with Crippen LogP contribution in [-0.4, -0.2) is 48.9 Å². The van der Waals surface area contributed by atoms with Crippen molar-refractivity contribution in [2.24, 2.45) is 5.92 Å². The van der Waals surface area contributed by atoms with Gasteiger partial charge >= 0.3 is 0 Å². The first-order valence-corrected chi connectivity index (χ1v) is 9.40. The minimum absolute atomic E-state index is 0.00813. The number of piperazine rings is 1. The molecule has 0 aliphatic carbocycles. The van der Waals surface area contributed by atoms with Gasteiger partial charge in [0.2, 0.25) is 5.91 Å². The van der Waals surface area contributed by atoms with Crippen LogP contribution in [0, 0.1) is 12.8 Å². The van der Waals surface area contributed by atoms with Crippen molar-refractivity contribution in [3.05, 3.63) is 54.0 Å². The second kappa shape index (κ2) is 8.29. The molecule has 1 aromatic heterocycles. The van der Waals surface area contributed by atoms with Gasteiger partial charge in [-0.2, -0.15) is 0 Å². The maximum absolute atomic E-state index is 13.0. The van der Waals surface area contributed by atoms with Gasteiger partial charge in [0.1, 0.15) is 6.04 Å². The van der Waals surface area contributed by atoms with E-state index < -0.39 is 6.04 Å². The zero-order valence-electron chi connectivity index (χ0n) is 16.1. The molecule has 2 aromatic rings. The molecule has 1 aliphatic rings. The van der Waals surface area contributed by atoms with Crippen molar-refractivity contribution < 1.29 is 14.0 Å². The van der Waals surface area contributed by atoms with E-state index in [9.17, 15) is 9.59 Å². The van der Waals surface area contributed by atoms with Crippen molar-refractivity contribution in [1.82, 2.24) is 10.2 Å². The Kier molecular flexibility index (Phi) is 5.84. The first-order chi connectivity index (χ1) is 13.0. The number of nitrogens with zero attached hydrogens (tertiary/aromatic N) is 2. The lowest BCUT2D eigenvalue weighted by Crippen LogP contribution is -2.56. The Morgan fingerprint density at radius 2 is 1.81 bits per heavy atom. The van der Waals surface area contributed by atoms with Crippen LogP contribution in [0.4, 0.5) is 5.69 Å². The summed E-state index contributed by atoms with van der Waals surface area (Å²) in [5, 5.41) is 2.83. The van der Waals surface area contributed by atoms with E-state index in [-0.39, 0.29) is 23.5 Å². The lowest BCUT2D eigenvalue weighted by atomic mass is 10.0. The maximum atomic E-state index is 13.0. The number of nitrogens with one attached hydrogen (secondary N) is 1. The fourth-order valence-corrected chi connectivity index (χ4v) is 3.34. The van der Waals surface area contributed by atoms with Crippen LogP contribution in [-0.2, 0) is 4.79 Å². The number of carbonyl (C=O) groups is 2. The van der Waals surface area contributed by atoms with Crippen molar-refractivity contribution in [3.8, 4) is 0 Å². The first kappa shape index (κ1) is 19.0. The molecule has 6 nitrogen and oxygen atoms in total. The highest BCUT2D eigenvalue weighted by molar-refractivity contribution is 5.95. The topological polar surface area (TPSA) is 65.8 Å². The van der Waals surface area contributed by atoms with Crippen LogP contribution in [0.15, 0.2) is 47.1 Å². The molecular weight excluding hydrogens is 342 g/mol. The predicted molar refractivity (Wildman–Crippen MR) is 105 cm³/mol. The molecule has 27 heavy (non-hydrogen) atoms. The molecule has 0 unspecified atom stereocenters. The number of anilines is 1. The predicted octanol–water partition coefficient (Wildman–Crippen LogP) is 2.69. The average Bonchev–Trinajstić information content (AvgIpc) is 3.20. The third kappa shape index (κ3) is 4.51. The fourth-order valence-electron chi connectivity index (χ4n) is 3.34. The summed E-state index contributed by atoms with van der Waals surface area (Å²) >= 11 is 0. The maximum Gasteiger partial charge on any atom is 0.287 e. The van der Waals surface area contributed by atoms with Gasteiger partial charge in [-0.05, 0) is 42.7 Å². The molecule has 3 rings (SSSR count). The monoisotopic (exact) mass is 369 g/mol. The quantitative estimate of drug-likeness (QED) is 0.880. The van der Waals surface area contributed by atoms with Crippen LogP contribution in [0.3, 0.4) is 0 Å². The highest BCUT2D eigenvalue weighted by Crippen LogP contribution is 2.19. The summed E-state index contributed by atoms with van der Waals surface area (Å²) < 4.78 is 5.13. The van der Waals surface area contributed by atoms with E-state index in [0.29, 0.717) is 13.1 Å². The van der Waals surface area contributed by atoms with Gasteiger partial charge in [-0.15, -0.1) is 0 Å². The van der Waals surface area contributed by atoms with Crippen LogP contribution in [0.5, 0.6) is 0 Å². The van der Waals surface area contributed by atoms with Crippen molar-refractivity contribution >= 4 is 17.5 Å². The van der Waals surface area contributed by atoms with Crippen molar-refractivity contribution in [1.29, 1.82) is 0 Å². The van der Waals surface area contributed by atoms with Crippen LogP contribution < -0.4 is 10.2 Å². The lowest BCUT2D eigenvalue weighted by molar-refractivity contribution is -0.134. The molecule has 2 amide bonds. The number of rotatable bonds is 5. The third-order valence-electron chi connectivity index (χ3n) is 4.92. The van der Waals surface area contributed by atoms with Crippen LogP contribution in [0.25, 0.3) is 0 Å². The Morgan fingerprint density at radius 1 is 1.07 bits per heavy atom. The summed E-state index contributed by atoms with van der Waals surface area (Å²) in [5.41, 5.74) is 2.42. The lowest BCUT2D eigenvalue weighted by Gasteiger charge is -2.38. The number of amides is 2. The fraction of sp³-hybridized carbons (Fsp3) is 0.429. The summed E-state index contributed by atoms with van der Waals surface area (Å²) in [7, 11) is 0. The molecule has 6 heteroatoms. The smallest absolute Gasteiger partial charge is 0.287 e. The molecule has 1 saturated heterocycles. The Balaban J connectivity index is 1.61. The molecule has 1 aliphatic heterocycles. The van der Waals surface area contributed by atoms with Crippen molar-refractivity contribution in [2.45, 2.75) is 26.8 Å². The summed E-state index contributed by atoms with van der Waals surface area (Å²) in [4.78, 5) is 29.4. The van der Waals surface area contributed by atoms with Gasteiger partial charge in [0.05, 0.1) is 6.26 Å². The largest absolute Gasteiger partial charge is 0.459 e. The van der Waals surface area contributed by atoms with Crippen LogP contribution in [0.1, 0.15) is 30.0 Å². The van der Waals surface area contributed by atoms with Crippen LogP contribution in [0.2, 0.25) is 0 Å². The molecule has 0 saturated carbocycles. The molecular formula is C21H27N3O3. The highest BCUT2D eigenvalue weighted by atomic mass is 16.3. The second-order valence-corrected chi connectivity index (χ2v) is 7.32. The molecule has 144 valence electrons. The van der Waals surface area contributed by atoms with Crippen LogP contribution >= 0.6 is 0 Å². The Bertz CT molecular complexity index is 778. The zero-order valence-corrected chi connectivity index (χ0v) is 16.1. The Labute approximate surface area is 160 Å². The number of aryl methyl sites for hydroxylation is 1. The van der Waals surface area contributed by atoms with E-state index in [4.69, 9.17) is 4.42 Å². The molecule has 1 N–H and O–H groups in total. The van der Waals surface area contributed by atoms with E-state index in [1.807, 2.05) is 18.7 Å². The Hall–Kier alpha value is -2.76. The highest BCUT2D eigenvalue weighted by Gasteiger charge is 2.31. The Morgan fingerprint density at radius 3 is 2.41 bits per heavy atom. The summed E-state index contributed by atoms with van der Waals surface area (Å²) in [6, 6.07) is 11.1. The number of hydrogen-bond acceptors (Lipinski definition) is 4. The summed E-state index contributed by atoms with van der Waals surface area (Å²) in [5.74, 6) is -0.178. The van der Waals surface area contributed by atoms with Gasteiger partial charge in [0, 0.05) is 31.9 Å². The second-order valence-electron chi connectivity index (χ2n) is 7.32. The van der Waals surface area contributed by atoms with E-state index >= 15 is 0 Å². The summed E-state index contributed by atoms with van der Waals surface area (Å²) in [6.45, 7) is 8.82. The van der Waals surface area contributed by atoms with Crippen molar-refractivity contribution in [2.75, 3.05) is 31.1 Å². The van der Waals surface area contributed by atoms with E-state index in [0.717, 1.165) is 13.1 Å². The van der Waals surface area contributed by atoms with Gasteiger partial charge in [0.15, 0.2) is 5.76 Å². The minimum Gasteiger partial charge on any atom is -0.459 e. The SMILES string of the molecule is Cc1cccc(N2CCN(C(=O)[C@H](NC(=O)c3ccco3)C(C)C)CC2)c1. The normalized spacial score (nSPS) is 15.7. The zero-order chi connectivity index (χ0) is 19.4. The molecule has 1 atom stereocenters. The molecule has 1 fully saturated rings.